The molecule has 96 valence electrons. The smallest absolute Gasteiger partial charge is 0.154 e. The summed E-state index contributed by atoms with van der Waals surface area (Å²) in [6.07, 6.45) is 1.66. The molecule has 2 rings (SSSR count). The summed E-state index contributed by atoms with van der Waals surface area (Å²) in [7, 11) is 1.89. The van der Waals surface area contributed by atoms with Gasteiger partial charge < -0.3 is 15.3 Å². The Morgan fingerprint density at radius 1 is 1.33 bits per heavy atom. The number of nitrogen functional groups attached to an aromatic ring is 1. The number of nitrogens with zero attached hydrogens (tertiary/aromatic N) is 5. The van der Waals surface area contributed by atoms with E-state index in [0.29, 0.717) is 17.5 Å². The monoisotopic (exact) mass is 248 g/mol. The Bertz CT molecular complexity index is 534. The number of aryl methyl sites for hydroxylation is 2. The van der Waals surface area contributed by atoms with Crippen LogP contribution in [0.25, 0.3) is 0 Å². The van der Waals surface area contributed by atoms with E-state index in [1.165, 1.54) is 0 Å². The predicted molar refractivity (Wildman–Crippen MR) is 67.6 cm³/mol. The van der Waals surface area contributed by atoms with E-state index < -0.39 is 0 Å². The third-order valence-corrected chi connectivity index (χ3v) is 2.48. The van der Waals surface area contributed by atoms with Crippen LogP contribution in [0.4, 0.5) is 11.6 Å². The quantitative estimate of drug-likeness (QED) is 0.530. The van der Waals surface area contributed by atoms with Gasteiger partial charge in [-0.2, -0.15) is 0 Å². The third-order valence-electron chi connectivity index (χ3n) is 2.48. The van der Waals surface area contributed by atoms with Crippen molar-refractivity contribution in [3.8, 4) is 0 Å². The lowest BCUT2D eigenvalue weighted by atomic mass is 10.3. The maximum atomic E-state index is 5.34. The standard InChI is InChI=1S/C10H16N8/c1-6(10-17-12-5-18(10)3)13-8-4-9(16-11)15-7(2)14-8/h4-6H,11H2,1-3H3,(H2,13,14,15,16). The van der Waals surface area contributed by atoms with Gasteiger partial charge in [-0.3, -0.25) is 0 Å². The number of nitrogens with one attached hydrogen (secondary N) is 2. The van der Waals surface area contributed by atoms with E-state index in [2.05, 4.69) is 30.9 Å². The minimum absolute atomic E-state index is 0.0163. The van der Waals surface area contributed by atoms with Crippen molar-refractivity contribution >= 4 is 11.6 Å². The number of aromatic nitrogens is 5. The Morgan fingerprint density at radius 2 is 2.06 bits per heavy atom. The molecule has 2 aromatic rings. The van der Waals surface area contributed by atoms with Crippen LogP contribution in [0.5, 0.6) is 0 Å². The van der Waals surface area contributed by atoms with Crippen LogP contribution in [-0.2, 0) is 7.05 Å². The molecule has 0 saturated heterocycles. The molecule has 0 aliphatic heterocycles. The first-order chi connectivity index (χ1) is 8.60. The number of anilines is 2. The van der Waals surface area contributed by atoms with Crippen molar-refractivity contribution in [1.82, 2.24) is 24.7 Å². The van der Waals surface area contributed by atoms with Crippen molar-refractivity contribution in [1.29, 1.82) is 0 Å². The van der Waals surface area contributed by atoms with Gasteiger partial charge in [-0.05, 0) is 13.8 Å². The lowest BCUT2D eigenvalue weighted by molar-refractivity contribution is 0.715. The molecule has 0 aliphatic rings. The highest BCUT2D eigenvalue weighted by Crippen LogP contribution is 2.17. The average Bonchev–Trinajstić information content (AvgIpc) is 2.74. The molecule has 8 heteroatoms. The second kappa shape index (κ2) is 4.96. The summed E-state index contributed by atoms with van der Waals surface area (Å²) in [6.45, 7) is 3.79. The molecule has 2 aromatic heterocycles. The zero-order chi connectivity index (χ0) is 13.1. The number of rotatable bonds is 4. The molecule has 0 aromatic carbocycles. The lowest BCUT2D eigenvalue weighted by Crippen LogP contribution is -2.15. The summed E-state index contributed by atoms with van der Waals surface area (Å²) in [6, 6.07) is 1.72. The molecule has 4 N–H and O–H groups in total. The molecule has 0 saturated carbocycles. The molecule has 0 fully saturated rings. The molecule has 2 heterocycles. The Kier molecular flexibility index (Phi) is 3.38. The zero-order valence-electron chi connectivity index (χ0n) is 10.5. The van der Waals surface area contributed by atoms with E-state index in [0.717, 1.165) is 5.82 Å². The first-order valence-corrected chi connectivity index (χ1v) is 5.53. The second-order valence-corrected chi connectivity index (χ2v) is 4.00. The predicted octanol–water partition coefficient (Wildman–Crippen LogP) is 0.372. The fourth-order valence-corrected chi connectivity index (χ4v) is 1.69. The van der Waals surface area contributed by atoms with E-state index in [9.17, 15) is 0 Å². The number of nitrogens with two attached hydrogens (primary N) is 1. The fraction of sp³-hybridized carbons (Fsp3) is 0.400. The van der Waals surface area contributed by atoms with Crippen LogP contribution >= 0.6 is 0 Å². The average molecular weight is 248 g/mol. The van der Waals surface area contributed by atoms with Crippen LogP contribution in [0, 0.1) is 6.92 Å². The SMILES string of the molecule is Cc1nc(NN)cc(NC(C)c2nncn2C)n1. The van der Waals surface area contributed by atoms with Gasteiger partial charge in [-0.1, -0.05) is 0 Å². The van der Waals surface area contributed by atoms with Crippen LogP contribution in [0.1, 0.15) is 24.6 Å². The Morgan fingerprint density at radius 3 is 2.67 bits per heavy atom. The van der Waals surface area contributed by atoms with Gasteiger partial charge in [0.25, 0.3) is 0 Å². The maximum Gasteiger partial charge on any atom is 0.154 e. The molecule has 18 heavy (non-hydrogen) atoms. The Balaban J connectivity index is 2.19. The van der Waals surface area contributed by atoms with Gasteiger partial charge in [0.2, 0.25) is 0 Å². The molecule has 0 bridgehead atoms. The topological polar surface area (TPSA) is 107 Å². The first kappa shape index (κ1) is 12.2. The highest BCUT2D eigenvalue weighted by atomic mass is 15.3. The summed E-state index contributed by atoms with van der Waals surface area (Å²) in [5.41, 5.74) is 2.50. The van der Waals surface area contributed by atoms with E-state index in [1.807, 2.05) is 18.5 Å². The van der Waals surface area contributed by atoms with Crippen LogP contribution < -0.4 is 16.6 Å². The minimum atomic E-state index is -0.0163. The molecule has 1 unspecified atom stereocenters. The molecular formula is C10H16N8. The number of hydrogen-bond donors (Lipinski definition) is 3. The molecule has 8 nitrogen and oxygen atoms in total. The number of hydrogen-bond acceptors (Lipinski definition) is 7. The highest BCUT2D eigenvalue weighted by Gasteiger charge is 2.12. The Labute approximate surface area is 105 Å². The van der Waals surface area contributed by atoms with E-state index in [4.69, 9.17) is 5.84 Å². The van der Waals surface area contributed by atoms with Gasteiger partial charge in [-0.15, -0.1) is 10.2 Å². The fourth-order valence-electron chi connectivity index (χ4n) is 1.69. The maximum absolute atomic E-state index is 5.34. The van der Waals surface area contributed by atoms with Crippen LogP contribution in [0.2, 0.25) is 0 Å². The van der Waals surface area contributed by atoms with Crippen molar-refractivity contribution in [3.05, 3.63) is 24.0 Å². The normalized spacial score (nSPS) is 12.2. The summed E-state index contributed by atoms with van der Waals surface area (Å²) < 4.78 is 1.85. The minimum Gasteiger partial charge on any atom is -0.360 e. The lowest BCUT2D eigenvalue weighted by Gasteiger charge is -2.14. The largest absolute Gasteiger partial charge is 0.360 e. The molecule has 0 amide bonds. The van der Waals surface area contributed by atoms with Crippen molar-refractivity contribution in [2.45, 2.75) is 19.9 Å². The van der Waals surface area contributed by atoms with Crippen molar-refractivity contribution < 1.29 is 0 Å². The van der Waals surface area contributed by atoms with Crippen molar-refractivity contribution in [3.63, 3.8) is 0 Å². The molecule has 1 atom stereocenters. The van der Waals surface area contributed by atoms with Gasteiger partial charge >= 0.3 is 0 Å². The second-order valence-electron chi connectivity index (χ2n) is 4.00. The summed E-state index contributed by atoms with van der Waals surface area (Å²) in [5.74, 6) is 8.06. The summed E-state index contributed by atoms with van der Waals surface area (Å²) in [5, 5.41) is 11.1. The van der Waals surface area contributed by atoms with Gasteiger partial charge in [0.15, 0.2) is 5.82 Å². The molecule has 0 spiro atoms. The van der Waals surface area contributed by atoms with Crippen LogP contribution in [-0.4, -0.2) is 24.7 Å². The van der Waals surface area contributed by atoms with Crippen molar-refractivity contribution in [2.75, 3.05) is 10.7 Å². The zero-order valence-corrected chi connectivity index (χ0v) is 10.5. The van der Waals surface area contributed by atoms with Crippen LogP contribution in [0.3, 0.4) is 0 Å². The molecule has 0 aliphatic carbocycles. The van der Waals surface area contributed by atoms with E-state index in [1.54, 1.807) is 19.3 Å². The van der Waals surface area contributed by atoms with Crippen LogP contribution in [0.15, 0.2) is 12.4 Å². The summed E-state index contributed by atoms with van der Waals surface area (Å²) in [4.78, 5) is 8.41. The van der Waals surface area contributed by atoms with Gasteiger partial charge in [-0.25, -0.2) is 15.8 Å². The highest BCUT2D eigenvalue weighted by molar-refractivity contribution is 5.47. The van der Waals surface area contributed by atoms with Gasteiger partial charge in [0.05, 0.1) is 6.04 Å². The first-order valence-electron chi connectivity index (χ1n) is 5.53. The summed E-state index contributed by atoms with van der Waals surface area (Å²) >= 11 is 0. The van der Waals surface area contributed by atoms with Gasteiger partial charge in [0.1, 0.15) is 23.8 Å². The van der Waals surface area contributed by atoms with Crippen molar-refractivity contribution in [2.24, 2.45) is 12.9 Å². The van der Waals surface area contributed by atoms with E-state index >= 15 is 0 Å². The molecular weight excluding hydrogens is 232 g/mol. The van der Waals surface area contributed by atoms with E-state index in [-0.39, 0.29) is 6.04 Å². The Hall–Kier alpha value is -2.22. The van der Waals surface area contributed by atoms with Gasteiger partial charge in [0, 0.05) is 13.1 Å². The number of hydrazine groups is 1. The third kappa shape index (κ3) is 2.54. The molecule has 0 radical (unpaired) electrons.